The van der Waals surface area contributed by atoms with Crippen molar-refractivity contribution in [3.63, 3.8) is 0 Å². The Kier molecular flexibility index (Phi) is 6.35. The molecule has 172 valence electrons. The summed E-state index contributed by atoms with van der Waals surface area (Å²) in [4.78, 5) is 25.8. The molecule has 1 saturated heterocycles. The van der Waals surface area contributed by atoms with Gasteiger partial charge in [-0.2, -0.15) is 13.2 Å². The number of halogens is 3. The molecule has 2 heterocycles. The summed E-state index contributed by atoms with van der Waals surface area (Å²) in [5.41, 5.74) is 2.36. The highest BCUT2D eigenvalue weighted by molar-refractivity contribution is 5.94. The molecule has 2 aromatic carbocycles. The van der Waals surface area contributed by atoms with Crippen molar-refractivity contribution in [2.75, 3.05) is 31.1 Å². The standard InChI is InChI=1S/C25H25F3N4O/c1-17-22(15-19-7-4-3-5-8-19)23(30-18(2)29-17)31-11-13-32(14-12-31)24(33)20-9-6-10-21(16-20)25(26,27)28/h3-10,16H,11-15H2,1-2H3. The highest BCUT2D eigenvalue weighted by Gasteiger charge is 2.32. The number of amides is 1. The quantitative estimate of drug-likeness (QED) is 0.575. The van der Waals surface area contributed by atoms with E-state index in [9.17, 15) is 18.0 Å². The van der Waals surface area contributed by atoms with Crippen LogP contribution in [0.25, 0.3) is 0 Å². The van der Waals surface area contributed by atoms with E-state index in [1.807, 2.05) is 32.0 Å². The SMILES string of the molecule is Cc1nc(C)c(Cc2ccccc2)c(N2CCN(C(=O)c3cccc(C(F)(F)F)c3)CC2)n1. The molecule has 3 aromatic rings. The van der Waals surface area contributed by atoms with Gasteiger partial charge in [-0.05, 0) is 37.6 Å². The van der Waals surface area contributed by atoms with Crippen molar-refractivity contribution in [1.82, 2.24) is 14.9 Å². The Labute approximate surface area is 190 Å². The number of carbonyl (C=O) groups is 1. The molecule has 1 fully saturated rings. The topological polar surface area (TPSA) is 49.3 Å². The Morgan fingerprint density at radius 2 is 1.64 bits per heavy atom. The first-order valence-corrected chi connectivity index (χ1v) is 10.8. The molecule has 0 spiro atoms. The number of hydrogen-bond donors (Lipinski definition) is 0. The third-order valence-electron chi connectivity index (χ3n) is 5.83. The summed E-state index contributed by atoms with van der Waals surface area (Å²) in [7, 11) is 0. The molecular formula is C25H25F3N4O. The lowest BCUT2D eigenvalue weighted by molar-refractivity contribution is -0.137. The maximum absolute atomic E-state index is 13.0. The van der Waals surface area contributed by atoms with Gasteiger partial charge in [0.25, 0.3) is 5.91 Å². The summed E-state index contributed by atoms with van der Waals surface area (Å²) in [6.07, 6.45) is -3.78. The summed E-state index contributed by atoms with van der Waals surface area (Å²) in [5, 5.41) is 0. The van der Waals surface area contributed by atoms with Crippen molar-refractivity contribution >= 4 is 11.7 Å². The fourth-order valence-electron chi connectivity index (χ4n) is 4.12. The molecule has 0 atom stereocenters. The Morgan fingerprint density at radius 3 is 2.30 bits per heavy atom. The minimum absolute atomic E-state index is 0.0526. The maximum atomic E-state index is 13.0. The molecule has 0 aliphatic carbocycles. The van der Waals surface area contributed by atoms with E-state index in [-0.39, 0.29) is 11.5 Å². The number of alkyl halides is 3. The number of hydrogen-bond acceptors (Lipinski definition) is 4. The van der Waals surface area contributed by atoms with Crippen molar-refractivity contribution in [1.29, 1.82) is 0 Å². The number of aryl methyl sites for hydroxylation is 2. The number of nitrogens with zero attached hydrogens (tertiary/aromatic N) is 4. The summed E-state index contributed by atoms with van der Waals surface area (Å²) in [6, 6.07) is 14.7. The van der Waals surface area contributed by atoms with Gasteiger partial charge in [-0.25, -0.2) is 9.97 Å². The average molecular weight is 454 g/mol. The molecule has 1 aromatic heterocycles. The zero-order valence-electron chi connectivity index (χ0n) is 18.6. The second-order valence-electron chi connectivity index (χ2n) is 8.18. The van der Waals surface area contributed by atoms with Gasteiger partial charge in [0, 0.05) is 49.4 Å². The predicted octanol–water partition coefficient (Wildman–Crippen LogP) is 4.67. The predicted molar refractivity (Wildman–Crippen MR) is 120 cm³/mol. The van der Waals surface area contributed by atoms with E-state index in [0.29, 0.717) is 38.4 Å². The second kappa shape index (κ2) is 9.21. The van der Waals surface area contributed by atoms with Gasteiger partial charge < -0.3 is 9.80 Å². The van der Waals surface area contributed by atoms with E-state index >= 15 is 0 Å². The van der Waals surface area contributed by atoms with Gasteiger partial charge in [0.2, 0.25) is 0 Å². The first-order chi connectivity index (χ1) is 15.7. The Morgan fingerprint density at radius 1 is 0.939 bits per heavy atom. The van der Waals surface area contributed by atoms with Crippen LogP contribution in [0, 0.1) is 13.8 Å². The molecule has 4 rings (SSSR count). The number of carbonyl (C=O) groups excluding carboxylic acids is 1. The normalized spacial score (nSPS) is 14.5. The smallest absolute Gasteiger partial charge is 0.353 e. The highest BCUT2D eigenvalue weighted by atomic mass is 19.4. The van der Waals surface area contributed by atoms with E-state index in [1.165, 1.54) is 12.1 Å². The number of piperazine rings is 1. The van der Waals surface area contributed by atoms with E-state index < -0.39 is 11.7 Å². The first-order valence-electron chi connectivity index (χ1n) is 10.8. The molecule has 5 nitrogen and oxygen atoms in total. The number of aromatic nitrogens is 2. The number of rotatable bonds is 4. The molecule has 0 bridgehead atoms. The lowest BCUT2D eigenvalue weighted by atomic mass is 10.0. The summed E-state index contributed by atoms with van der Waals surface area (Å²) in [5.74, 6) is 1.15. The van der Waals surface area contributed by atoms with Gasteiger partial charge in [-0.1, -0.05) is 36.4 Å². The Hall–Kier alpha value is -3.42. The minimum atomic E-state index is -4.48. The molecule has 0 saturated carbocycles. The molecule has 1 aliphatic heterocycles. The number of anilines is 1. The van der Waals surface area contributed by atoms with Crippen molar-refractivity contribution in [3.8, 4) is 0 Å². The van der Waals surface area contributed by atoms with Crippen molar-refractivity contribution in [3.05, 3.63) is 88.4 Å². The summed E-state index contributed by atoms with van der Waals surface area (Å²) >= 11 is 0. The molecule has 1 aliphatic rings. The number of benzene rings is 2. The zero-order chi connectivity index (χ0) is 23.6. The third kappa shape index (κ3) is 5.16. The highest BCUT2D eigenvalue weighted by Crippen LogP contribution is 2.30. The van der Waals surface area contributed by atoms with Crippen LogP contribution in [0.1, 0.15) is 38.6 Å². The molecule has 8 heteroatoms. The third-order valence-corrected chi connectivity index (χ3v) is 5.83. The van der Waals surface area contributed by atoms with Crippen LogP contribution >= 0.6 is 0 Å². The van der Waals surface area contributed by atoms with Gasteiger partial charge in [0.05, 0.1) is 5.56 Å². The van der Waals surface area contributed by atoms with E-state index in [0.717, 1.165) is 34.8 Å². The van der Waals surface area contributed by atoms with Crippen LogP contribution < -0.4 is 4.90 Å². The van der Waals surface area contributed by atoms with Crippen LogP contribution in [0.5, 0.6) is 0 Å². The van der Waals surface area contributed by atoms with E-state index in [1.54, 1.807) is 4.90 Å². The molecule has 0 unspecified atom stereocenters. The molecule has 0 radical (unpaired) electrons. The fourth-order valence-corrected chi connectivity index (χ4v) is 4.12. The zero-order valence-corrected chi connectivity index (χ0v) is 18.6. The van der Waals surface area contributed by atoms with Gasteiger partial charge in [0.15, 0.2) is 0 Å². The molecular weight excluding hydrogens is 429 g/mol. The van der Waals surface area contributed by atoms with Crippen molar-refractivity contribution < 1.29 is 18.0 Å². The maximum Gasteiger partial charge on any atom is 0.416 e. The molecule has 0 N–H and O–H groups in total. The van der Waals surface area contributed by atoms with Crippen molar-refractivity contribution in [2.24, 2.45) is 0 Å². The second-order valence-corrected chi connectivity index (χ2v) is 8.18. The lowest BCUT2D eigenvalue weighted by Gasteiger charge is -2.36. The monoisotopic (exact) mass is 454 g/mol. The van der Waals surface area contributed by atoms with Crippen LogP contribution in [0.15, 0.2) is 54.6 Å². The summed E-state index contributed by atoms with van der Waals surface area (Å²) < 4.78 is 39.1. The van der Waals surface area contributed by atoms with Gasteiger partial charge >= 0.3 is 6.18 Å². The van der Waals surface area contributed by atoms with E-state index in [2.05, 4.69) is 22.0 Å². The van der Waals surface area contributed by atoms with Crippen LogP contribution in [0.3, 0.4) is 0 Å². The van der Waals surface area contributed by atoms with E-state index in [4.69, 9.17) is 4.98 Å². The first kappa shape index (κ1) is 22.8. The van der Waals surface area contributed by atoms with Gasteiger partial charge in [-0.15, -0.1) is 0 Å². The largest absolute Gasteiger partial charge is 0.416 e. The summed E-state index contributed by atoms with van der Waals surface area (Å²) in [6.45, 7) is 5.73. The minimum Gasteiger partial charge on any atom is -0.353 e. The van der Waals surface area contributed by atoms with Gasteiger partial charge in [-0.3, -0.25) is 4.79 Å². The Balaban J connectivity index is 1.51. The van der Waals surface area contributed by atoms with Crippen LogP contribution in [0.2, 0.25) is 0 Å². The lowest BCUT2D eigenvalue weighted by Crippen LogP contribution is -2.49. The molecule has 1 amide bonds. The van der Waals surface area contributed by atoms with Crippen molar-refractivity contribution in [2.45, 2.75) is 26.4 Å². The Bertz CT molecular complexity index is 1140. The van der Waals surface area contributed by atoms with Crippen LogP contribution in [-0.4, -0.2) is 47.0 Å². The fraction of sp³-hybridized carbons (Fsp3) is 0.320. The molecule has 33 heavy (non-hydrogen) atoms. The van der Waals surface area contributed by atoms with Gasteiger partial charge in [0.1, 0.15) is 11.6 Å². The average Bonchev–Trinajstić information content (AvgIpc) is 2.80. The van der Waals surface area contributed by atoms with Crippen LogP contribution in [0.4, 0.5) is 19.0 Å². The van der Waals surface area contributed by atoms with Crippen LogP contribution in [-0.2, 0) is 12.6 Å².